The van der Waals surface area contributed by atoms with Crippen LogP contribution in [-0.2, 0) is 17.9 Å². The first-order valence-corrected chi connectivity index (χ1v) is 9.46. The van der Waals surface area contributed by atoms with E-state index in [-0.39, 0.29) is 11.9 Å². The summed E-state index contributed by atoms with van der Waals surface area (Å²) < 4.78 is 5.16. The predicted molar refractivity (Wildman–Crippen MR) is 110 cm³/mol. The highest BCUT2D eigenvalue weighted by Crippen LogP contribution is 2.12. The normalized spacial score (nSPS) is 12.9. The fraction of sp³-hybridized carbons (Fsp3) is 0.409. The van der Waals surface area contributed by atoms with E-state index in [0.717, 1.165) is 24.4 Å². The standard InChI is InChI=1S/C22H31N3O2/c1-6-25(16-19-7-11-20(12-8-19)24(3)4)17(2)22(26)23-15-18-9-13-21(27-5)14-10-18/h7-14,17H,6,15-16H2,1-5H3,(H,23,26)/p+1/t17-/m0/s1. The monoisotopic (exact) mass is 370 g/mol. The Morgan fingerprint density at radius 3 is 2.19 bits per heavy atom. The maximum Gasteiger partial charge on any atom is 0.278 e. The van der Waals surface area contributed by atoms with Crippen molar-refractivity contribution in [2.24, 2.45) is 0 Å². The summed E-state index contributed by atoms with van der Waals surface area (Å²) in [6.45, 7) is 6.38. The Morgan fingerprint density at radius 2 is 1.67 bits per heavy atom. The number of methoxy groups -OCH3 is 1. The highest BCUT2D eigenvalue weighted by molar-refractivity contribution is 5.79. The molecule has 0 saturated carbocycles. The van der Waals surface area contributed by atoms with E-state index in [1.807, 2.05) is 45.3 Å². The summed E-state index contributed by atoms with van der Waals surface area (Å²) >= 11 is 0. The van der Waals surface area contributed by atoms with Crippen LogP contribution in [0.3, 0.4) is 0 Å². The molecule has 2 atom stereocenters. The minimum absolute atomic E-state index is 0.0765. The molecule has 0 bridgehead atoms. The summed E-state index contributed by atoms with van der Waals surface area (Å²) in [4.78, 5) is 15.9. The molecular weight excluding hydrogens is 338 g/mol. The van der Waals surface area contributed by atoms with Crippen molar-refractivity contribution in [1.29, 1.82) is 0 Å². The molecule has 0 saturated heterocycles. The predicted octanol–water partition coefficient (Wildman–Crippen LogP) is 1.87. The first-order valence-electron chi connectivity index (χ1n) is 9.46. The molecule has 0 aliphatic rings. The largest absolute Gasteiger partial charge is 0.497 e. The molecule has 27 heavy (non-hydrogen) atoms. The molecule has 0 heterocycles. The van der Waals surface area contributed by atoms with Crippen LogP contribution in [0.1, 0.15) is 25.0 Å². The van der Waals surface area contributed by atoms with Crippen LogP contribution in [0.25, 0.3) is 0 Å². The van der Waals surface area contributed by atoms with E-state index in [4.69, 9.17) is 4.74 Å². The zero-order valence-corrected chi connectivity index (χ0v) is 17.1. The minimum atomic E-state index is -0.109. The molecule has 0 aliphatic heterocycles. The third kappa shape index (κ3) is 6.00. The lowest BCUT2D eigenvalue weighted by Crippen LogP contribution is -3.15. The molecule has 5 nitrogen and oxygen atoms in total. The molecule has 1 unspecified atom stereocenters. The summed E-state index contributed by atoms with van der Waals surface area (Å²) in [5.41, 5.74) is 3.49. The number of carbonyl (C=O) groups excluding carboxylic acids is 1. The van der Waals surface area contributed by atoms with E-state index < -0.39 is 0 Å². The zero-order valence-electron chi connectivity index (χ0n) is 17.1. The van der Waals surface area contributed by atoms with Gasteiger partial charge in [-0.25, -0.2) is 0 Å². The fourth-order valence-corrected chi connectivity index (χ4v) is 3.03. The van der Waals surface area contributed by atoms with E-state index in [2.05, 4.69) is 41.4 Å². The molecule has 0 fully saturated rings. The molecule has 2 rings (SSSR count). The SMILES string of the molecule is CC[NH+](Cc1ccc(N(C)C)cc1)[C@@H](C)C(=O)NCc1ccc(OC)cc1. The molecule has 0 aromatic heterocycles. The van der Waals surface area contributed by atoms with Gasteiger partial charge in [0.25, 0.3) is 5.91 Å². The second-order valence-electron chi connectivity index (χ2n) is 7.04. The summed E-state index contributed by atoms with van der Waals surface area (Å²) in [7, 11) is 5.72. The van der Waals surface area contributed by atoms with E-state index in [1.54, 1.807) is 7.11 Å². The Kier molecular flexibility index (Phi) is 7.67. The van der Waals surface area contributed by atoms with Gasteiger partial charge >= 0.3 is 0 Å². The molecule has 0 spiro atoms. The molecular formula is C22H32N3O2+. The second-order valence-corrected chi connectivity index (χ2v) is 7.04. The van der Waals surface area contributed by atoms with E-state index in [1.165, 1.54) is 16.2 Å². The van der Waals surface area contributed by atoms with Crippen molar-refractivity contribution < 1.29 is 14.4 Å². The number of nitrogens with zero attached hydrogens (tertiary/aromatic N) is 1. The first-order chi connectivity index (χ1) is 12.9. The number of rotatable bonds is 9. The lowest BCUT2D eigenvalue weighted by atomic mass is 10.1. The molecule has 0 aliphatic carbocycles. The van der Waals surface area contributed by atoms with Gasteiger partial charge in [-0.1, -0.05) is 24.3 Å². The quantitative estimate of drug-likeness (QED) is 0.708. The van der Waals surface area contributed by atoms with Crippen molar-refractivity contribution in [3.05, 3.63) is 59.7 Å². The van der Waals surface area contributed by atoms with Gasteiger partial charge in [-0.2, -0.15) is 0 Å². The minimum Gasteiger partial charge on any atom is -0.497 e. The number of ether oxygens (including phenoxy) is 1. The van der Waals surface area contributed by atoms with Crippen LogP contribution in [0.15, 0.2) is 48.5 Å². The topological polar surface area (TPSA) is 46.0 Å². The number of benzene rings is 2. The summed E-state index contributed by atoms with van der Waals surface area (Å²) in [6.07, 6.45) is 0. The van der Waals surface area contributed by atoms with Gasteiger partial charge in [-0.3, -0.25) is 4.79 Å². The zero-order chi connectivity index (χ0) is 19.8. The van der Waals surface area contributed by atoms with Gasteiger partial charge in [-0.15, -0.1) is 0 Å². The Labute approximate surface area is 162 Å². The summed E-state index contributed by atoms with van der Waals surface area (Å²) in [5, 5.41) is 3.05. The summed E-state index contributed by atoms with van der Waals surface area (Å²) in [5.74, 6) is 0.896. The molecule has 1 amide bonds. The van der Waals surface area contributed by atoms with Crippen molar-refractivity contribution >= 4 is 11.6 Å². The Hall–Kier alpha value is -2.53. The Balaban J connectivity index is 1.91. The average molecular weight is 371 g/mol. The molecule has 5 heteroatoms. The number of nitrogens with one attached hydrogen (secondary N) is 2. The number of quaternary nitrogens is 1. The number of anilines is 1. The van der Waals surface area contributed by atoms with Crippen LogP contribution in [-0.4, -0.2) is 39.7 Å². The van der Waals surface area contributed by atoms with Gasteiger partial charge in [-0.05, 0) is 43.7 Å². The maximum atomic E-state index is 12.6. The third-order valence-corrected chi connectivity index (χ3v) is 4.97. The number of hydrogen-bond acceptors (Lipinski definition) is 3. The van der Waals surface area contributed by atoms with Crippen molar-refractivity contribution in [3.8, 4) is 5.75 Å². The fourth-order valence-electron chi connectivity index (χ4n) is 3.03. The highest BCUT2D eigenvalue weighted by Gasteiger charge is 2.23. The van der Waals surface area contributed by atoms with Gasteiger partial charge in [0.05, 0.1) is 13.7 Å². The van der Waals surface area contributed by atoms with Gasteiger partial charge in [0.2, 0.25) is 0 Å². The van der Waals surface area contributed by atoms with Gasteiger partial charge < -0.3 is 19.9 Å². The molecule has 2 aromatic rings. The van der Waals surface area contributed by atoms with Gasteiger partial charge in [0.15, 0.2) is 6.04 Å². The lowest BCUT2D eigenvalue weighted by molar-refractivity contribution is -0.926. The van der Waals surface area contributed by atoms with E-state index in [0.29, 0.717) is 6.54 Å². The van der Waals surface area contributed by atoms with Gasteiger partial charge in [0.1, 0.15) is 12.3 Å². The maximum absolute atomic E-state index is 12.6. The van der Waals surface area contributed by atoms with Crippen LogP contribution in [0, 0.1) is 0 Å². The number of likely N-dealkylation sites (N-methyl/N-ethyl adjacent to an activating group) is 1. The van der Waals surface area contributed by atoms with Crippen LogP contribution in [0.5, 0.6) is 5.75 Å². The Morgan fingerprint density at radius 1 is 1.07 bits per heavy atom. The number of carbonyl (C=O) groups is 1. The van der Waals surface area contributed by atoms with E-state index in [9.17, 15) is 4.79 Å². The first kappa shape index (κ1) is 20.8. The molecule has 0 radical (unpaired) electrons. The summed E-state index contributed by atoms with van der Waals surface area (Å²) in [6, 6.07) is 16.2. The van der Waals surface area contributed by atoms with Crippen LogP contribution < -0.4 is 19.9 Å². The van der Waals surface area contributed by atoms with Crippen LogP contribution >= 0.6 is 0 Å². The number of hydrogen-bond donors (Lipinski definition) is 2. The molecule has 146 valence electrons. The smallest absolute Gasteiger partial charge is 0.278 e. The van der Waals surface area contributed by atoms with Crippen molar-refractivity contribution in [3.63, 3.8) is 0 Å². The average Bonchev–Trinajstić information content (AvgIpc) is 2.70. The Bertz CT molecular complexity index is 711. The third-order valence-electron chi connectivity index (χ3n) is 4.97. The van der Waals surface area contributed by atoms with Crippen LogP contribution in [0.4, 0.5) is 5.69 Å². The van der Waals surface area contributed by atoms with Gasteiger partial charge in [0, 0.05) is 31.9 Å². The number of amides is 1. The highest BCUT2D eigenvalue weighted by atomic mass is 16.5. The lowest BCUT2D eigenvalue weighted by Gasteiger charge is -2.24. The molecule has 2 N–H and O–H groups in total. The van der Waals surface area contributed by atoms with Crippen molar-refractivity contribution in [2.75, 3.05) is 32.6 Å². The van der Waals surface area contributed by atoms with Crippen LogP contribution in [0.2, 0.25) is 0 Å². The van der Waals surface area contributed by atoms with Crippen molar-refractivity contribution in [2.45, 2.75) is 33.0 Å². The van der Waals surface area contributed by atoms with E-state index >= 15 is 0 Å². The second kappa shape index (κ2) is 9.97. The molecule has 2 aromatic carbocycles. The van der Waals surface area contributed by atoms with Crippen molar-refractivity contribution in [1.82, 2.24) is 5.32 Å².